The number of esters is 2. The van der Waals surface area contributed by atoms with Crippen LogP contribution in [0.3, 0.4) is 0 Å². The Balaban J connectivity index is 0. The molecular weight excluding hydrogens is 399 g/mol. The summed E-state index contributed by atoms with van der Waals surface area (Å²) in [4.78, 5) is 22.1. The standard InChI is InChI=1S/C10H14O4S3.C5H5.Co/c1-3-13-7(11)5-6-17-10(16)8(15)9(12)14-4-2;1-2-4-5-3-1;/h5-6,15-16H,3-4H2,1-2H3;1-5H;/q;-1;/p-2/b6-5-,10-8+;;. The summed E-state index contributed by atoms with van der Waals surface area (Å²) in [6.07, 6.45) is 1.22. The third-order valence-corrected chi connectivity index (χ3v) is 3.68. The van der Waals surface area contributed by atoms with Gasteiger partial charge in [0, 0.05) is 22.9 Å². The maximum Gasteiger partial charge on any atom is 0.331 e. The molecule has 0 fully saturated rings. The van der Waals surface area contributed by atoms with Crippen LogP contribution >= 0.6 is 11.8 Å². The molecule has 0 amide bonds. The second-order valence-electron chi connectivity index (χ2n) is 3.47. The van der Waals surface area contributed by atoms with Gasteiger partial charge >= 0.3 is 11.9 Å². The van der Waals surface area contributed by atoms with Crippen LogP contribution in [0.15, 0.2) is 51.0 Å². The first-order chi connectivity index (χ1) is 10.5. The number of ether oxygens (including phenoxy) is 2. The summed E-state index contributed by atoms with van der Waals surface area (Å²) in [6, 6.07) is 10.0. The predicted octanol–water partition coefficient (Wildman–Crippen LogP) is 3.03. The van der Waals surface area contributed by atoms with E-state index in [-0.39, 0.29) is 32.5 Å². The molecule has 1 radical (unpaired) electrons. The van der Waals surface area contributed by atoms with E-state index < -0.39 is 11.9 Å². The molecule has 131 valence electrons. The fraction of sp³-hybridized carbons (Fsp3) is 0.267. The average Bonchev–Trinajstić information content (AvgIpc) is 3.06. The fourth-order valence-corrected chi connectivity index (χ4v) is 1.94. The van der Waals surface area contributed by atoms with Gasteiger partial charge in [-0.3, -0.25) is 0 Å². The molecule has 23 heavy (non-hydrogen) atoms. The smallest absolute Gasteiger partial charge is 0.331 e. The second-order valence-corrected chi connectivity index (χ2v) is 5.46. The third-order valence-electron chi connectivity index (χ3n) is 1.87. The largest absolute Gasteiger partial charge is 0.774 e. The quantitative estimate of drug-likeness (QED) is 0.306. The molecule has 1 rings (SSSR count). The molecule has 0 unspecified atom stereocenters. The first-order valence-corrected chi connectivity index (χ1v) is 8.14. The van der Waals surface area contributed by atoms with Crippen molar-refractivity contribution >= 4 is 49.0 Å². The zero-order valence-electron chi connectivity index (χ0n) is 12.6. The van der Waals surface area contributed by atoms with Gasteiger partial charge in [-0.25, -0.2) is 21.7 Å². The van der Waals surface area contributed by atoms with Gasteiger partial charge in [0.05, 0.1) is 13.2 Å². The van der Waals surface area contributed by atoms with E-state index in [9.17, 15) is 9.59 Å². The van der Waals surface area contributed by atoms with Crippen LogP contribution in [-0.4, -0.2) is 25.2 Å². The second kappa shape index (κ2) is 15.9. The molecule has 0 atom stereocenters. The van der Waals surface area contributed by atoms with E-state index in [1.54, 1.807) is 13.8 Å². The maximum absolute atomic E-state index is 11.2. The summed E-state index contributed by atoms with van der Waals surface area (Å²) in [6.45, 7) is 3.93. The molecule has 0 spiro atoms. The Morgan fingerprint density at radius 1 is 1.13 bits per heavy atom. The minimum absolute atomic E-state index is 0. The topological polar surface area (TPSA) is 52.6 Å². The van der Waals surface area contributed by atoms with Gasteiger partial charge in [0.2, 0.25) is 0 Å². The third kappa shape index (κ3) is 13.2. The van der Waals surface area contributed by atoms with Crippen molar-refractivity contribution in [1.82, 2.24) is 0 Å². The van der Waals surface area contributed by atoms with Gasteiger partial charge in [0.25, 0.3) is 0 Å². The Bertz CT molecular complexity index is 482. The zero-order valence-corrected chi connectivity index (χ0v) is 16.1. The number of carbonyl (C=O) groups excluding carboxylic acids is 2. The van der Waals surface area contributed by atoms with Crippen molar-refractivity contribution in [1.29, 1.82) is 0 Å². The first kappa shape index (κ1) is 24.3. The van der Waals surface area contributed by atoms with Crippen LogP contribution in [0.2, 0.25) is 0 Å². The molecule has 0 aliphatic carbocycles. The van der Waals surface area contributed by atoms with Crippen molar-refractivity contribution in [2.75, 3.05) is 13.2 Å². The van der Waals surface area contributed by atoms with Crippen LogP contribution < -0.4 is 0 Å². The fourth-order valence-electron chi connectivity index (χ4n) is 0.996. The number of rotatable bonds is 6. The Kier molecular flexibility index (Phi) is 16.9. The summed E-state index contributed by atoms with van der Waals surface area (Å²) in [7, 11) is 0. The SMILES string of the molecule is CCOC(=O)/C=C\S/C([S-])=C(/[S-])C(=O)OCC.[Co].c1cc[cH-]c1. The zero-order chi connectivity index (χ0) is 16.8. The Morgan fingerprint density at radius 2 is 1.70 bits per heavy atom. The van der Waals surface area contributed by atoms with Gasteiger partial charge in [0.15, 0.2) is 0 Å². The molecule has 0 saturated carbocycles. The number of thioether (sulfide) groups is 1. The molecule has 0 aromatic heterocycles. The van der Waals surface area contributed by atoms with Gasteiger partial charge in [0.1, 0.15) is 0 Å². The van der Waals surface area contributed by atoms with E-state index in [0.29, 0.717) is 6.61 Å². The predicted molar refractivity (Wildman–Crippen MR) is 93.8 cm³/mol. The van der Waals surface area contributed by atoms with E-state index in [1.807, 2.05) is 30.3 Å². The van der Waals surface area contributed by atoms with Gasteiger partial charge in [-0.2, -0.15) is 18.2 Å². The van der Waals surface area contributed by atoms with E-state index in [1.165, 1.54) is 11.5 Å². The summed E-state index contributed by atoms with van der Waals surface area (Å²) >= 11 is 10.7. The van der Waals surface area contributed by atoms with Crippen molar-refractivity contribution in [2.45, 2.75) is 13.8 Å². The average molecular weight is 416 g/mol. The first-order valence-electron chi connectivity index (χ1n) is 6.44. The van der Waals surface area contributed by atoms with Crippen molar-refractivity contribution < 1.29 is 35.8 Å². The van der Waals surface area contributed by atoms with Crippen molar-refractivity contribution in [2.24, 2.45) is 0 Å². The van der Waals surface area contributed by atoms with E-state index in [0.717, 1.165) is 11.8 Å². The van der Waals surface area contributed by atoms with Crippen molar-refractivity contribution in [3.63, 3.8) is 0 Å². The minimum atomic E-state index is -0.621. The Hall–Kier alpha value is -0.934. The van der Waals surface area contributed by atoms with Gasteiger partial charge in [-0.1, -0.05) is 0 Å². The monoisotopic (exact) mass is 416 g/mol. The Labute approximate surface area is 162 Å². The van der Waals surface area contributed by atoms with Crippen LogP contribution in [0.4, 0.5) is 0 Å². The van der Waals surface area contributed by atoms with Crippen LogP contribution in [-0.2, 0) is 61.1 Å². The normalized spacial score (nSPS) is 10.7. The van der Waals surface area contributed by atoms with E-state index in [2.05, 4.69) is 4.74 Å². The molecule has 0 bridgehead atoms. The molecule has 4 nitrogen and oxygen atoms in total. The molecule has 1 aromatic carbocycles. The number of carbonyl (C=O) groups is 2. The molecule has 0 aliphatic heterocycles. The van der Waals surface area contributed by atoms with E-state index in [4.69, 9.17) is 30.0 Å². The van der Waals surface area contributed by atoms with Crippen molar-refractivity contribution in [3.05, 3.63) is 51.0 Å². The van der Waals surface area contributed by atoms with Crippen LogP contribution in [0, 0.1) is 0 Å². The van der Waals surface area contributed by atoms with Gasteiger partial charge < -0.3 is 34.7 Å². The van der Waals surface area contributed by atoms with Gasteiger partial charge in [-0.15, -0.1) is 20.9 Å². The maximum atomic E-state index is 11.2. The van der Waals surface area contributed by atoms with Crippen molar-refractivity contribution in [3.8, 4) is 0 Å². The number of hydrogen-bond donors (Lipinski definition) is 0. The molecular formula is C15H17CoO4S3-3. The molecule has 0 saturated heterocycles. The summed E-state index contributed by atoms with van der Waals surface area (Å²) in [5.41, 5.74) is 0. The summed E-state index contributed by atoms with van der Waals surface area (Å²) < 4.78 is 9.55. The minimum Gasteiger partial charge on any atom is -0.774 e. The van der Waals surface area contributed by atoms with Crippen LogP contribution in [0.1, 0.15) is 13.8 Å². The number of hydrogen-bond acceptors (Lipinski definition) is 7. The molecule has 0 aliphatic rings. The summed E-state index contributed by atoms with van der Waals surface area (Å²) in [5.74, 6) is -1.09. The summed E-state index contributed by atoms with van der Waals surface area (Å²) in [5, 5.41) is 1.42. The molecule has 0 heterocycles. The van der Waals surface area contributed by atoms with Gasteiger partial charge in [-0.05, 0) is 19.3 Å². The van der Waals surface area contributed by atoms with E-state index >= 15 is 0 Å². The Morgan fingerprint density at radius 3 is 2.13 bits per heavy atom. The van der Waals surface area contributed by atoms with Crippen LogP contribution in [0.25, 0.3) is 0 Å². The molecule has 8 heteroatoms. The van der Waals surface area contributed by atoms with Crippen LogP contribution in [0.5, 0.6) is 0 Å². The molecule has 0 N–H and O–H groups in total. The molecule has 1 aromatic rings.